The number of carboxylic acids is 1. The van der Waals surface area contributed by atoms with Gasteiger partial charge in [0.25, 0.3) is 5.56 Å². The Bertz CT molecular complexity index is 847. The van der Waals surface area contributed by atoms with Gasteiger partial charge in [-0.3, -0.25) is 14.0 Å². The maximum atomic E-state index is 12.4. The lowest BCUT2D eigenvalue weighted by atomic mass is 9.92. The van der Waals surface area contributed by atoms with Crippen LogP contribution in [0, 0.1) is 5.92 Å². The molecule has 2 unspecified atom stereocenters. The highest BCUT2D eigenvalue weighted by Gasteiger charge is 2.34. The van der Waals surface area contributed by atoms with E-state index >= 15 is 0 Å². The number of aromatic nitrogens is 2. The van der Waals surface area contributed by atoms with E-state index in [4.69, 9.17) is 0 Å². The summed E-state index contributed by atoms with van der Waals surface area (Å²) in [5, 5.41) is 11.1. The third kappa shape index (κ3) is 4.04. The summed E-state index contributed by atoms with van der Waals surface area (Å²) in [6.07, 6.45) is 3.01. The molecule has 0 bridgehead atoms. The topological polar surface area (TPSA) is 92.0 Å². The number of hydrogen-bond acceptors (Lipinski definition) is 6. The van der Waals surface area contributed by atoms with Crippen LogP contribution in [0.3, 0.4) is 0 Å². The Morgan fingerprint density at radius 1 is 1.48 bits per heavy atom. The van der Waals surface area contributed by atoms with Crippen molar-refractivity contribution in [2.75, 3.05) is 12.3 Å². The lowest BCUT2D eigenvalue weighted by Gasteiger charge is -2.36. The number of piperidine rings is 1. The normalized spacial score (nSPS) is 20.8. The van der Waals surface area contributed by atoms with Crippen LogP contribution in [0.2, 0.25) is 0 Å². The van der Waals surface area contributed by atoms with Gasteiger partial charge >= 0.3 is 5.97 Å². The quantitative estimate of drug-likeness (QED) is 0.848. The van der Waals surface area contributed by atoms with Crippen molar-refractivity contribution in [2.45, 2.75) is 31.6 Å². The van der Waals surface area contributed by atoms with Gasteiger partial charge in [-0.15, -0.1) is 23.1 Å². The average Bonchev–Trinajstić information content (AvgIpc) is 3.03. The summed E-state index contributed by atoms with van der Waals surface area (Å²) in [5.74, 6) is -0.172. The zero-order chi connectivity index (χ0) is 18.0. The molecule has 0 saturated carbocycles. The van der Waals surface area contributed by atoms with E-state index in [9.17, 15) is 19.5 Å². The highest BCUT2D eigenvalue weighted by Crippen LogP contribution is 2.24. The van der Waals surface area contributed by atoms with E-state index in [1.54, 1.807) is 11.6 Å². The zero-order valence-electron chi connectivity index (χ0n) is 13.8. The molecule has 1 N–H and O–H groups in total. The number of fused-ring (bicyclic) bond motifs is 1. The molecule has 0 radical (unpaired) electrons. The number of thiazole rings is 1. The predicted molar refractivity (Wildman–Crippen MR) is 97.0 cm³/mol. The molecular formula is C16H19N3O4S2. The highest BCUT2D eigenvalue weighted by atomic mass is 32.2. The third-order valence-electron chi connectivity index (χ3n) is 4.30. The second-order valence-electron chi connectivity index (χ2n) is 6.20. The second kappa shape index (κ2) is 7.57. The van der Waals surface area contributed by atoms with Crippen LogP contribution < -0.4 is 5.56 Å². The van der Waals surface area contributed by atoms with Gasteiger partial charge < -0.3 is 10.0 Å². The van der Waals surface area contributed by atoms with Gasteiger partial charge in [0.1, 0.15) is 6.04 Å². The van der Waals surface area contributed by atoms with E-state index in [0.717, 1.165) is 6.42 Å². The fourth-order valence-corrected chi connectivity index (χ4v) is 4.50. The van der Waals surface area contributed by atoms with E-state index in [-0.39, 0.29) is 17.2 Å². The number of likely N-dealkylation sites (tertiary alicyclic amines) is 1. The molecule has 25 heavy (non-hydrogen) atoms. The van der Waals surface area contributed by atoms with Crippen molar-refractivity contribution in [1.82, 2.24) is 14.3 Å². The van der Waals surface area contributed by atoms with Gasteiger partial charge in [0.15, 0.2) is 4.96 Å². The number of amides is 1. The van der Waals surface area contributed by atoms with E-state index in [1.807, 2.05) is 6.92 Å². The number of carbonyl (C=O) groups excluding carboxylic acids is 1. The second-order valence-corrected chi connectivity index (χ2v) is 8.06. The number of carbonyl (C=O) groups is 2. The van der Waals surface area contributed by atoms with Crippen LogP contribution in [-0.4, -0.2) is 49.6 Å². The molecule has 1 saturated heterocycles. The van der Waals surface area contributed by atoms with Crippen LogP contribution in [0.25, 0.3) is 4.96 Å². The Morgan fingerprint density at radius 3 is 3.04 bits per heavy atom. The maximum absolute atomic E-state index is 12.4. The molecule has 1 aliphatic rings. The molecule has 9 heteroatoms. The van der Waals surface area contributed by atoms with Crippen LogP contribution in [0.4, 0.5) is 0 Å². The van der Waals surface area contributed by atoms with E-state index < -0.39 is 12.0 Å². The zero-order valence-corrected chi connectivity index (χ0v) is 15.4. The van der Waals surface area contributed by atoms with Gasteiger partial charge in [-0.05, 0) is 18.8 Å². The molecule has 1 amide bonds. The summed E-state index contributed by atoms with van der Waals surface area (Å²) in [5.41, 5.74) is 0.497. The molecule has 2 aromatic heterocycles. The molecule has 134 valence electrons. The Hall–Kier alpha value is -1.87. The molecular weight excluding hydrogens is 362 g/mol. The van der Waals surface area contributed by atoms with Crippen molar-refractivity contribution >= 4 is 39.9 Å². The highest BCUT2D eigenvalue weighted by molar-refractivity contribution is 7.99. The Labute approximate surface area is 152 Å². The molecule has 7 nitrogen and oxygen atoms in total. The maximum Gasteiger partial charge on any atom is 0.326 e. The summed E-state index contributed by atoms with van der Waals surface area (Å²) in [4.78, 5) is 42.2. The van der Waals surface area contributed by atoms with Crippen molar-refractivity contribution in [3.05, 3.63) is 33.7 Å². The first-order valence-corrected chi connectivity index (χ1v) is 10.0. The molecule has 2 aromatic rings. The number of carboxylic acid groups (broad SMARTS) is 1. The van der Waals surface area contributed by atoms with Crippen molar-refractivity contribution in [3.63, 3.8) is 0 Å². The van der Waals surface area contributed by atoms with Crippen LogP contribution in [0.15, 0.2) is 22.4 Å². The number of thioether (sulfide) groups is 1. The van der Waals surface area contributed by atoms with Crippen molar-refractivity contribution in [1.29, 1.82) is 0 Å². The number of rotatable bonds is 5. The lowest BCUT2D eigenvalue weighted by Crippen LogP contribution is -2.50. The largest absolute Gasteiger partial charge is 0.480 e. The van der Waals surface area contributed by atoms with Crippen LogP contribution in [0.1, 0.15) is 25.5 Å². The molecule has 0 spiro atoms. The smallest absolute Gasteiger partial charge is 0.326 e. The van der Waals surface area contributed by atoms with Gasteiger partial charge in [-0.25, -0.2) is 9.78 Å². The monoisotopic (exact) mass is 381 g/mol. The Kier molecular flexibility index (Phi) is 5.43. The van der Waals surface area contributed by atoms with Crippen molar-refractivity contribution in [3.8, 4) is 0 Å². The summed E-state index contributed by atoms with van der Waals surface area (Å²) >= 11 is 2.74. The van der Waals surface area contributed by atoms with Crippen LogP contribution in [-0.2, 0) is 15.3 Å². The van der Waals surface area contributed by atoms with Crippen molar-refractivity contribution < 1.29 is 14.7 Å². The minimum atomic E-state index is -0.942. The molecule has 0 aromatic carbocycles. The number of nitrogens with zero attached hydrogens (tertiary/aromatic N) is 3. The molecule has 3 rings (SSSR count). The third-order valence-corrected chi connectivity index (χ3v) is 6.01. The van der Waals surface area contributed by atoms with E-state index in [1.165, 1.54) is 38.5 Å². The first-order valence-electron chi connectivity index (χ1n) is 8.01. The molecule has 1 fully saturated rings. The fraction of sp³-hybridized carbons (Fsp3) is 0.500. The van der Waals surface area contributed by atoms with Gasteiger partial charge in [-0.1, -0.05) is 6.92 Å². The molecule has 1 aliphatic heterocycles. The number of aliphatic carboxylic acids is 1. The average molecular weight is 381 g/mol. The van der Waals surface area contributed by atoms with Gasteiger partial charge in [0.2, 0.25) is 5.91 Å². The summed E-state index contributed by atoms with van der Waals surface area (Å²) < 4.78 is 1.48. The minimum absolute atomic E-state index is 0.135. The van der Waals surface area contributed by atoms with Gasteiger partial charge in [0.05, 0.1) is 11.4 Å². The Morgan fingerprint density at radius 2 is 2.28 bits per heavy atom. The summed E-state index contributed by atoms with van der Waals surface area (Å²) in [6, 6.07) is 0.738. The molecule has 0 aliphatic carbocycles. The Balaban J connectivity index is 1.59. The van der Waals surface area contributed by atoms with E-state index in [0.29, 0.717) is 35.3 Å². The van der Waals surface area contributed by atoms with E-state index in [2.05, 4.69) is 4.98 Å². The summed E-state index contributed by atoms with van der Waals surface area (Å²) in [6.45, 7) is 2.50. The van der Waals surface area contributed by atoms with Crippen LogP contribution >= 0.6 is 23.1 Å². The first-order chi connectivity index (χ1) is 12.0. The molecule has 2 atom stereocenters. The van der Waals surface area contributed by atoms with Gasteiger partial charge in [-0.2, -0.15) is 0 Å². The lowest BCUT2D eigenvalue weighted by molar-refractivity contribution is -0.151. The van der Waals surface area contributed by atoms with Crippen molar-refractivity contribution in [2.24, 2.45) is 5.92 Å². The standard InChI is InChI=1S/C16H19N3O4S2/c1-10-2-3-18(12(6-10)15(22)23)14(21)9-24-8-11-7-13(20)19-4-5-25-16(19)17-11/h4-5,7,10,12H,2-3,6,8-9H2,1H3,(H,22,23). The first kappa shape index (κ1) is 17.9. The van der Waals surface area contributed by atoms with Crippen LogP contribution in [0.5, 0.6) is 0 Å². The van der Waals surface area contributed by atoms with Gasteiger partial charge in [0, 0.05) is 29.9 Å². The predicted octanol–water partition coefficient (Wildman–Crippen LogP) is 1.70. The number of hydrogen-bond donors (Lipinski definition) is 1. The minimum Gasteiger partial charge on any atom is -0.480 e. The fourth-order valence-electron chi connectivity index (χ4n) is 2.96. The summed E-state index contributed by atoms with van der Waals surface area (Å²) in [7, 11) is 0. The molecule has 3 heterocycles. The SMILES string of the molecule is CC1CCN(C(=O)CSCc2cc(=O)n3ccsc3n2)C(C(=O)O)C1.